The van der Waals surface area contributed by atoms with E-state index in [0.29, 0.717) is 5.69 Å². The molecule has 0 unspecified atom stereocenters. The number of sulfonamides is 1. The smallest absolute Gasteiger partial charge is 0.229 e. The van der Waals surface area contributed by atoms with E-state index in [9.17, 15) is 8.42 Å². The van der Waals surface area contributed by atoms with Crippen LogP contribution in [0.2, 0.25) is 0 Å². The van der Waals surface area contributed by atoms with Crippen molar-refractivity contribution in [2.75, 3.05) is 22.8 Å². The molecule has 8 heteroatoms. The molecule has 2 N–H and O–H groups in total. The molecule has 1 aromatic carbocycles. The molecular formula is C17H19N5O2S. The van der Waals surface area contributed by atoms with Crippen molar-refractivity contribution in [1.82, 2.24) is 14.6 Å². The molecule has 0 spiro atoms. The molecule has 1 fully saturated rings. The molecule has 0 bridgehead atoms. The Morgan fingerprint density at radius 3 is 2.84 bits per heavy atom. The summed E-state index contributed by atoms with van der Waals surface area (Å²) in [4.78, 5) is 4.38. The lowest BCUT2D eigenvalue weighted by Crippen LogP contribution is -2.09. The quantitative estimate of drug-likeness (QED) is 0.708. The molecule has 25 heavy (non-hydrogen) atoms. The third-order valence-corrected chi connectivity index (χ3v) is 4.70. The minimum atomic E-state index is -3.32. The first kappa shape index (κ1) is 15.9. The van der Waals surface area contributed by atoms with Gasteiger partial charge in [0, 0.05) is 17.8 Å². The molecule has 0 radical (unpaired) electrons. The number of imidazole rings is 1. The SMILES string of the molecule is CS(=O)(=O)Nc1cccc(-c2cnc3ccc(NCC4CC4)nn23)c1. The van der Waals surface area contributed by atoms with Crippen molar-refractivity contribution in [3.05, 3.63) is 42.6 Å². The number of benzene rings is 1. The van der Waals surface area contributed by atoms with Gasteiger partial charge in [-0.25, -0.2) is 17.9 Å². The molecule has 0 saturated heterocycles. The van der Waals surface area contributed by atoms with Gasteiger partial charge in [-0.1, -0.05) is 12.1 Å². The van der Waals surface area contributed by atoms with Crippen LogP contribution in [0.4, 0.5) is 11.5 Å². The topological polar surface area (TPSA) is 88.4 Å². The zero-order valence-corrected chi connectivity index (χ0v) is 14.6. The summed E-state index contributed by atoms with van der Waals surface area (Å²) >= 11 is 0. The number of rotatable bonds is 6. The van der Waals surface area contributed by atoms with Gasteiger partial charge in [-0.15, -0.1) is 5.10 Å². The molecule has 1 saturated carbocycles. The Balaban J connectivity index is 1.68. The second-order valence-electron chi connectivity index (χ2n) is 6.41. The van der Waals surface area contributed by atoms with E-state index in [1.165, 1.54) is 12.8 Å². The van der Waals surface area contributed by atoms with E-state index < -0.39 is 10.0 Å². The van der Waals surface area contributed by atoms with Crippen LogP contribution in [-0.2, 0) is 10.0 Å². The van der Waals surface area contributed by atoms with Crippen molar-refractivity contribution in [3.63, 3.8) is 0 Å². The molecule has 4 rings (SSSR count). The summed E-state index contributed by atoms with van der Waals surface area (Å²) < 4.78 is 27.1. The molecule has 2 aromatic heterocycles. The monoisotopic (exact) mass is 357 g/mol. The van der Waals surface area contributed by atoms with Crippen molar-refractivity contribution >= 4 is 27.2 Å². The second-order valence-corrected chi connectivity index (χ2v) is 8.16. The van der Waals surface area contributed by atoms with Crippen LogP contribution in [0.15, 0.2) is 42.6 Å². The Labute approximate surface area is 146 Å². The van der Waals surface area contributed by atoms with Crippen molar-refractivity contribution in [2.24, 2.45) is 5.92 Å². The average Bonchev–Trinajstić information content (AvgIpc) is 3.29. The van der Waals surface area contributed by atoms with Gasteiger partial charge in [0.15, 0.2) is 5.65 Å². The minimum Gasteiger partial charge on any atom is -0.368 e. The highest BCUT2D eigenvalue weighted by molar-refractivity contribution is 7.92. The first-order valence-corrected chi connectivity index (χ1v) is 10.0. The van der Waals surface area contributed by atoms with Crippen LogP contribution in [-0.4, -0.2) is 35.8 Å². The largest absolute Gasteiger partial charge is 0.368 e. The fourth-order valence-electron chi connectivity index (χ4n) is 2.69. The van der Waals surface area contributed by atoms with E-state index in [-0.39, 0.29) is 0 Å². The Morgan fingerprint density at radius 2 is 2.08 bits per heavy atom. The minimum absolute atomic E-state index is 0.512. The predicted molar refractivity (Wildman–Crippen MR) is 98.1 cm³/mol. The van der Waals surface area contributed by atoms with E-state index in [2.05, 4.69) is 20.1 Å². The van der Waals surface area contributed by atoms with E-state index >= 15 is 0 Å². The van der Waals surface area contributed by atoms with Crippen molar-refractivity contribution in [2.45, 2.75) is 12.8 Å². The molecule has 0 aliphatic heterocycles. The standard InChI is InChI=1S/C17H19N5O2S/c1-25(23,24)21-14-4-2-3-13(9-14)15-11-19-17-8-7-16(20-22(15)17)18-10-12-5-6-12/h2-4,7-9,11-12,21H,5-6,10H2,1H3,(H,18,20). The second kappa shape index (κ2) is 6.03. The summed E-state index contributed by atoms with van der Waals surface area (Å²) in [5, 5.41) is 7.98. The highest BCUT2D eigenvalue weighted by Gasteiger charge is 2.20. The summed E-state index contributed by atoms with van der Waals surface area (Å²) in [5.41, 5.74) is 2.90. The van der Waals surface area contributed by atoms with Gasteiger partial charge in [-0.05, 0) is 43.0 Å². The molecule has 130 valence electrons. The Bertz CT molecular complexity index is 1020. The molecule has 1 aliphatic rings. The van der Waals surface area contributed by atoms with Gasteiger partial charge in [-0.2, -0.15) is 0 Å². The number of aromatic nitrogens is 3. The Morgan fingerprint density at radius 1 is 1.24 bits per heavy atom. The first-order chi connectivity index (χ1) is 12.0. The predicted octanol–water partition coefficient (Wildman–Crippen LogP) is 2.59. The van der Waals surface area contributed by atoms with Gasteiger partial charge in [0.25, 0.3) is 0 Å². The van der Waals surface area contributed by atoms with E-state index in [0.717, 1.165) is 41.4 Å². The molecule has 3 aromatic rings. The number of fused-ring (bicyclic) bond motifs is 1. The number of hydrogen-bond acceptors (Lipinski definition) is 5. The summed E-state index contributed by atoms with van der Waals surface area (Å²) in [6.07, 6.45) is 5.44. The van der Waals surface area contributed by atoms with Crippen LogP contribution in [0, 0.1) is 5.92 Å². The van der Waals surface area contributed by atoms with Gasteiger partial charge in [0.05, 0.1) is 18.1 Å². The fourth-order valence-corrected chi connectivity index (χ4v) is 3.25. The maximum Gasteiger partial charge on any atom is 0.229 e. The molecule has 2 heterocycles. The zero-order valence-electron chi connectivity index (χ0n) is 13.8. The summed E-state index contributed by atoms with van der Waals surface area (Å²) in [6.45, 7) is 0.941. The van der Waals surface area contributed by atoms with Crippen LogP contribution < -0.4 is 10.0 Å². The van der Waals surface area contributed by atoms with Gasteiger partial charge < -0.3 is 5.32 Å². The Hall–Kier alpha value is -2.61. The fraction of sp³-hybridized carbons (Fsp3) is 0.294. The highest BCUT2D eigenvalue weighted by atomic mass is 32.2. The molecule has 7 nitrogen and oxygen atoms in total. The van der Waals surface area contributed by atoms with Crippen molar-refractivity contribution in [1.29, 1.82) is 0 Å². The average molecular weight is 357 g/mol. The van der Waals surface area contributed by atoms with E-state index in [1.807, 2.05) is 18.2 Å². The summed E-state index contributed by atoms with van der Waals surface area (Å²) in [5.74, 6) is 1.57. The third kappa shape index (κ3) is 3.74. The molecule has 1 aliphatic carbocycles. The number of nitrogens with zero attached hydrogens (tertiary/aromatic N) is 3. The van der Waals surface area contributed by atoms with E-state index in [1.54, 1.807) is 28.9 Å². The zero-order chi connectivity index (χ0) is 17.4. The number of hydrogen-bond donors (Lipinski definition) is 2. The van der Waals surface area contributed by atoms with Crippen molar-refractivity contribution < 1.29 is 8.42 Å². The van der Waals surface area contributed by atoms with Crippen LogP contribution >= 0.6 is 0 Å². The number of anilines is 2. The van der Waals surface area contributed by atoms with Crippen LogP contribution in [0.3, 0.4) is 0 Å². The highest BCUT2D eigenvalue weighted by Crippen LogP contribution is 2.29. The lowest BCUT2D eigenvalue weighted by atomic mass is 10.1. The molecule has 0 amide bonds. The van der Waals surface area contributed by atoms with Gasteiger partial charge in [-0.3, -0.25) is 4.72 Å². The van der Waals surface area contributed by atoms with Gasteiger partial charge in [0.2, 0.25) is 10.0 Å². The summed E-state index contributed by atoms with van der Waals surface area (Å²) in [6, 6.07) is 11.0. The van der Waals surface area contributed by atoms with Crippen molar-refractivity contribution in [3.8, 4) is 11.3 Å². The first-order valence-electron chi connectivity index (χ1n) is 8.15. The molecular weight excluding hydrogens is 338 g/mol. The normalized spacial score (nSPS) is 14.6. The Kier molecular flexibility index (Phi) is 3.84. The van der Waals surface area contributed by atoms with Crippen LogP contribution in [0.1, 0.15) is 12.8 Å². The van der Waals surface area contributed by atoms with Crippen LogP contribution in [0.25, 0.3) is 16.9 Å². The van der Waals surface area contributed by atoms with Crippen LogP contribution in [0.5, 0.6) is 0 Å². The van der Waals surface area contributed by atoms with Gasteiger partial charge in [0.1, 0.15) is 5.82 Å². The van der Waals surface area contributed by atoms with E-state index in [4.69, 9.17) is 0 Å². The summed E-state index contributed by atoms with van der Waals surface area (Å²) in [7, 11) is -3.32. The maximum absolute atomic E-state index is 11.4. The number of nitrogens with one attached hydrogen (secondary N) is 2. The maximum atomic E-state index is 11.4. The van der Waals surface area contributed by atoms with Gasteiger partial charge >= 0.3 is 0 Å². The third-order valence-electron chi connectivity index (χ3n) is 4.09. The lowest BCUT2D eigenvalue weighted by Gasteiger charge is -2.08. The molecule has 0 atom stereocenters. The lowest BCUT2D eigenvalue weighted by molar-refractivity contribution is 0.607.